The van der Waals surface area contributed by atoms with Gasteiger partial charge in [0.15, 0.2) is 0 Å². The van der Waals surface area contributed by atoms with Crippen LogP contribution >= 0.6 is 0 Å². The lowest BCUT2D eigenvalue weighted by atomic mass is 10.1. The van der Waals surface area contributed by atoms with Crippen molar-refractivity contribution in [3.05, 3.63) is 24.3 Å². The van der Waals surface area contributed by atoms with E-state index in [4.69, 9.17) is 0 Å². The summed E-state index contributed by atoms with van der Waals surface area (Å²) in [4.78, 5) is 13.0. The monoisotopic (exact) mass is 339 g/mol. The topological polar surface area (TPSA) is 80.8 Å². The molecule has 0 heterocycles. The zero-order valence-electron chi connectivity index (χ0n) is 13.6. The van der Waals surface area contributed by atoms with E-state index in [2.05, 4.69) is 0 Å². The van der Waals surface area contributed by atoms with Crippen molar-refractivity contribution in [1.82, 2.24) is 4.31 Å². The van der Waals surface area contributed by atoms with Gasteiger partial charge in [0.1, 0.15) is 6.09 Å². The third kappa shape index (κ3) is 4.03. The maximum atomic E-state index is 12.1. The molecule has 0 bridgehead atoms. The predicted octanol–water partition coefficient (Wildman–Crippen LogP) is 1.81. The number of benzene rings is 1. The Morgan fingerprint density at radius 2 is 1.57 bits per heavy atom. The van der Waals surface area contributed by atoms with Crippen molar-refractivity contribution in [2.45, 2.75) is 49.5 Å². The van der Waals surface area contributed by atoms with Crippen LogP contribution in [0.15, 0.2) is 29.2 Å². The van der Waals surface area contributed by atoms with Gasteiger partial charge in [-0.25, -0.2) is 12.7 Å². The zero-order chi connectivity index (χ0) is 17.0. The van der Waals surface area contributed by atoms with Gasteiger partial charge in [-0.1, -0.05) is 25.7 Å². The van der Waals surface area contributed by atoms with Gasteiger partial charge in [0.25, 0.3) is 0 Å². The Morgan fingerprint density at radius 3 is 2.00 bits per heavy atom. The van der Waals surface area contributed by atoms with Crippen LogP contribution in [0.25, 0.3) is 0 Å². The number of sulfonamides is 1. The van der Waals surface area contributed by atoms with Gasteiger partial charge in [0.05, 0.1) is 4.90 Å². The third-order valence-electron chi connectivity index (χ3n) is 4.28. The van der Waals surface area contributed by atoms with Gasteiger partial charge in [0, 0.05) is 25.8 Å². The van der Waals surface area contributed by atoms with Gasteiger partial charge < -0.3 is 14.8 Å². The first-order valence-corrected chi connectivity index (χ1v) is 9.31. The second-order valence-electron chi connectivity index (χ2n) is 6.06. The summed E-state index contributed by atoms with van der Waals surface area (Å²) >= 11 is 0. The van der Waals surface area contributed by atoms with Crippen molar-refractivity contribution >= 4 is 21.8 Å². The molecule has 1 aliphatic rings. The van der Waals surface area contributed by atoms with Crippen molar-refractivity contribution in [2.75, 3.05) is 19.0 Å². The Kier molecular flexibility index (Phi) is 5.64. The molecule has 0 spiro atoms. The summed E-state index contributed by atoms with van der Waals surface area (Å²) in [7, 11) is -0.597. The minimum Gasteiger partial charge on any atom is -0.530 e. The number of amides is 1. The molecule has 6 nitrogen and oxygen atoms in total. The van der Waals surface area contributed by atoms with Crippen LogP contribution < -0.4 is 10.0 Å². The van der Waals surface area contributed by atoms with Crippen molar-refractivity contribution in [1.29, 1.82) is 0 Å². The first-order chi connectivity index (χ1) is 10.8. The molecule has 1 fully saturated rings. The molecule has 1 aromatic carbocycles. The molecular weight excluding hydrogens is 316 g/mol. The van der Waals surface area contributed by atoms with Crippen LogP contribution in [0.3, 0.4) is 0 Å². The highest BCUT2D eigenvalue weighted by Gasteiger charge is 2.23. The Morgan fingerprint density at radius 1 is 1.04 bits per heavy atom. The van der Waals surface area contributed by atoms with Crippen molar-refractivity contribution in [3.63, 3.8) is 0 Å². The van der Waals surface area contributed by atoms with E-state index in [9.17, 15) is 18.3 Å². The summed E-state index contributed by atoms with van der Waals surface area (Å²) in [5, 5.41) is 11.6. The standard InChI is InChI=1S/C16H24N2O4S/c1-17(2)23(21,22)15-11-9-14(10-12-15)18(16(19)20)13-7-5-3-4-6-8-13/h9-13H,3-8H2,1-2H3,(H,19,20)/p-1. The molecule has 0 aliphatic heterocycles. The van der Waals surface area contributed by atoms with Gasteiger partial charge >= 0.3 is 0 Å². The average Bonchev–Trinajstić information content (AvgIpc) is 2.76. The highest BCUT2D eigenvalue weighted by molar-refractivity contribution is 7.89. The van der Waals surface area contributed by atoms with Crippen molar-refractivity contribution < 1.29 is 18.3 Å². The molecular formula is C16H23N2O4S-. The van der Waals surface area contributed by atoms with Crippen LogP contribution in [0.4, 0.5) is 10.5 Å². The molecule has 1 amide bonds. The van der Waals surface area contributed by atoms with E-state index in [1.165, 1.54) is 43.3 Å². The second kappa shape index (κ2) is 7.31. The first kappa shape index (κ1) is 17.7. The summed E-state index contributed by atoms with van der Waals surface area (Å²) in [5.74, 6) is 0. The highest BCUT2D eigenvalue weighted by atomic mass is 32.2. The van der Waals surface area contributed by atoms with Gasteiger partial charge in [-0.3, -0.25) is 0 Å². The Bertz CT molecular complexity index is 633. The lowest BCUT2D eigenvalue weighted by Gasteiger charge is -2.33. The van der Waals surface area contributed by atoms with E-state index < -0.39 is 16.1 Å². The number of carbonyl (C=O) groups excluding carboxylic acids is 1. The maximum Gasteiger partial charge on any atom is 0.242 e. The summed E-state index contributed by atoms with van der Waals surface area (Å²) in [6.45, 7) is 0. The fourth-order valence-corrected chi connectivity index (χ4v) is 3.87. The number of hydrogen-bond donors (Lipinski definition) is 0. The molecule has 23 heavy (non-hydrogen) atoms. The number of carbonyl (C=O) groups is 1. The molecule has 7 heteroatoms. The van der Waals surface area contributed by atoms with Gasteiger partial charge in [0.2, 0.25) is 10.0 Å². The predicted molar refractivity (Wildman–Crippen MR) is 86.7 cm³/mol. The molecule has 0 saturated heterocycles. The van der Waals surface area contributed by atoms with E-state index in [0.717, 1.165) is 42.8 Å². The molecule has 2 rings (SSSR count). The van der Waals surface area contributed by atoms with E-state index in [1.807, 2.05) is 0 Å². The molecule has 1 saturated carbocycles. The molecule has 0 N–H and O–H groups in total. The molecule has 0 unspecified atom stereocenters. The zero-order valence-corrected chi connectivity index (χ0v) is 14.4. The van der Waals surface area contributed by atoms with Gasteiger partial charge in [-0.05, 0) is 37.1 Å². The summed E-state index contributed by atoms with van der Waals surface area (Å²) < 4.78 is 25.3. The van der Waals surface area contributed by atoms with Crippen LogP contribution in [0.2, 0.25) is 0 Å². The van der Waals surface area contributed by atoms with E-state index in [-0.39, 0.29) is 10.9 Å². The van der Waals surface area contributed by atoms with Crippen molar-refractivity contribution in [2.24, 2.45) is 0 Å². The number of hydrogen-bond acceptors (Lipinski definition) is 4. The first-order valence-electron chi connectivity index (χ1n) is 7.87. The number of anilines is 1. The SMILES string of the molecule is CN(C)S(=O)(=O)c1ccc(N(C(=O)[O-])C2CCCCCC2)cc1. The quantitative estimate of drug-likeness (QED) is 0.784. The summed E-state index contributed by atoms with van der Waals surface area (Å²) in [6, 6.07) is 5.86. The lowest BCUT2D eigenvalue weighted by Crippen LogP contribution is -2.47. The van der Waals surface area contributed by atoms with Gasteiger partial charge in [-0.2, -0.15) is 0 Å². The maximum absolute atomic E-state index is 12.1. The number of nitrogens with zero attached hydrogens (tertiary/aromatic N) is 2. The number of carboxylic acid groups (broad SMARTS) is 1. The van der Waals surface area contributed by atoms with Crippen LogP contribution in [0.5, 0.6) is 0 Å². The largest absolute Gasteiger partial charge is 0.530 e. The Labute approximate surface area is 137 Å². The Balaban J connectivity index is 2.28. The molecule has 128 valence electrons. The fourth-order valence-electron chi connectivity index (χ4n) is 2.97. The van der Waals surface area contributed by atoms with Crippen LogP contribution in [0.1, 0.15) is 38.5 Å². The van der Waals surface area contributed by atoms with Crippen LogP contribution in [-0.4, -0.2) is 39.0 Å². The minimum atomic E-state index is -3.52. The smallest absolute Gasteiger partial charge is 0.242 e. The minimum absolute atomic E-state index is 0.0983. The molecule has 0 aromatic heterocycles. The number of rotatable bonds is 4. The molecule has 0 atom stereocenters. The second-order valence-corrected chi connectivity index (χ2v) is 8.21. The van der Waals surface area contributed by atoms with E-state index in [0.29, 0.717) is 5.69 Å². The van der Waals surface area contributed by atoms with E-state index in [1.54, 1.807) is 0 Å². The van der Waals surface area contributed by atoms with Crippen LogP contribution in [-0.2, 0) is 10.0 Å². The normalized spacial score (nSPS) is 17.0. The lowest BCUT2D eigenvalue weighted by molar-refractivity contribution is -0.247. The van der Waals surface area contributed by atoms with E-state index >= 15 is 0 Å². The van der Waals surface area contributed by atoms with Gasteiger partial charge in [-0.15, -0.1) is 0 Å². The van der Waals surface area contributed by atoms with Crippen LogP contribution in [0, 0.1) is 0 Å². The molecule has 1 aromatic rings. The summed E-state index contributed by atoms with van der Waals surface area (Å²) in [5.41, 5.74) is 0.467. The average molecular weight is 339 g/mol. The molecule has 1 aliphatic carbocycles. The highest BCUT2D eigenvalue weighted by Crippen LogP contribution is 2.27. The third-order valence-corrected chi connectivity index (χ3v) is 6.11. The Hall–Kier alpha value is -1.60. The molecule has 0 radical (unpaired) electrons. The van der Waals surface area contributed by atoms with Crippen molar-refractivity contribution in [3.8, 4) is 0 Å². The fraction of sp³-hybridized carbons (Fsp3) is 0.562. The summed E-state index contributed by atoms with van der Waals surface area (Å²) in [6.07, 6.45) is 4.63.